The van der Waals surface area contributed by atoms with E-state index in [1.807, 2.05) is 35.8 Å². The summed E-state index contributed by atoms with van der Waals surface area (Å²) in [6, 6.07) is 9.00. The fourth-order valence-corrected chi connectivity index (χ4v) is 4.30. The van der Waals surface area contributed by atoms with E-state index in [0.29, 0.717) is 17.1 Å². The third kappa shape index (κ3) is 4.79. The van der Waals surface area contributed by atoms with Gasteiger partial charge in [-0.25, -0.2) is 13.1 Å². The van der Waals surface area contributed by atoms with Gasteiger partial charge in [0, 0.05) is 17.6 Å². The molecule has 22 heavy (non-hydrogen) atoms. The monoisotopic (exact) mass is 358 g/mol. The van der Waals surface area contributed by atoms with E-state index in [9.17, 15) is 8.42 Å². The van der Waals surface area contributed by atoms with Crippen molar-refractivity contribution in [1.29, 1.82) is 0 Å². The molecule has 0 aliphatic heterocycles. The summed E-state index contributed by atoms with van der Waals surface area (Å²) < 4.78 is 27.2. The minimum Gasteiger partial charge on any atom is -0.301 e. The van der Waals surface area contributed by atoms with Crippen molar-refractivity contribution in [1.82, 2.24) is 9.62 Å². The summed E-state index contributed by atoms with van der Waals surface area (Å²) in [7, 11) is 0.436. The van der Waals surface area contributed by atoms with E-state index in [1.54, 1.807) is 35.6 Å². The van der Waals surface area contributed by atoms with Crippen molar-refractivity contribution in [3.8, 4) is 0 Å². The average molecular weight is 359 g/mol. The van der Waals surface area contributed by atoms with E-state index in [0.717, 1.165) is 5.56 Å². The number of halogens is 1. The maximum atomic E-state index is 12.3. The molecule has 1 atom stereocenters. The Labute approximate surface area is 140 Å². The van der Waals surface area contributed by atoms with Gasteiger partial charge >= 0.3 is 0 Å². The summed E-state index contributed by atoms with van der Waals surface area (Å²) in [4.78, 5) is 2.00. The largest absolute Gasteiger partial charge is 0.301 e. The number of nitrogens with zero attached hydrogens (tertiary/aromatic N) is 1. The molecule has 1 heterocycles. The zero-order valence-electron chi connectivity index (χ0n) is 12.5. The molecule has 1 aromatic carbocycles. The van der Waals surface area contributed by atoms with Crippen LogP contribution in [-0.2, 0) is 15.8 Å². The Morgan fingerprint density at radius 1 is 1.27 bits per heavy atom. The summed E-state index contributed by atoms with van der Waals surface area (Å²) >= 11 is 7.63. The minimum atomic E-state index is -3.43. The SMILES string of the molecule is CN(C)C(CNS(=O)(=O)Cc1ccccc1Cl)c1ccsc1. The van der Waals surface area contributed by atoms with Crippen LogP contribution in [0.5, 0.6) is 0 Å². The zero-order valence-corrected chi connectivity index (χ0v) is 14.9. The van der Waals surface area contributed by atoms with Crippen LogP contribution in [0.25, 0.3) is 0 Å². The van der Waals surface area contributed by atoms with Crippen molar-refractivity contribution in [2.24, 2.45) is 0 Å². The number of sulfonamides is 1. The quantitative estimate of drug-likeness (QED) is 0.827. The number of hydrogen-bond acceptors (Lipinski definition) is 4. The zero-order chi connectivity index (χ0) is 16.2. The number of hydrogen-bond donors (Lipinski definition) is 1. The number of rotatable bonds is 7. The Morgan fingerprint density at radius 2 is 2.00 bits per heavy atom. The molecule has 0 amide bonds. The summed E-state index contributed by atoms with van der Waals surface area (Å²) in [5, 5.41) is 4.49. The molecule has 0 bridgehead atoms. The highest BCUT2D eigenvalue weighted by molar-refractivity contribution is 7.88. The first kappa shape index (κ1) is 17.4. The molecule has 1 unspecified atom stereocenters. The predicted molar refractivity (Wildman–Crippen MR) is 92.8 cm³/mol. The maximum Gasteiger partial charge on any atom is 0.215 e. The molecule has 0 radical (unpaired) electrons. The molecule has 2 aromatic rings. The van der Waals surface area contributed by atoms with Crippen molar-refractivity contribution in [2.45, 2.75) is 11.8 Å². The normalized spacial score (nSPS) is 13.5. The van der Waals surface area contributed by atoms with Gasteiger partial charge in [-0.2, -0.15) is 11.3 Å². The molecule has 7 heteroatoms. The number of likely N-dealkylation sites (N-methyl/N-ethyl adjacent to an activating group) is 1. The van der Waals surface area contributed by atoms with Crippen LogP contribution in [0.1, 0.15) is 17.2 Å². The van der Waals surface area contributed by atoms with E-state index in [4.69, 9.17) is 11.6 Å². The summed E-state index contributed by atoms with van der Waals surface area (Å²) in [6.45, 7) is 0.330. The average Bonchev–Trinajstić information content (AvgIpc) is 2.95. The Morgan fingerprint density at radius 3 is 2.59 bits per heavy atom. The highest BCUT2D eigenvalue weighted by Crippen LogP contribution is 2.21. The van der Waals surface area contributed by atoms with Crippen LogP contribution >= 0.6 is 22.9 Å². The topological polar surface area (TPSA) is 49.4 Å². The number of nitrogens with one attached hydrogen (secondary N) is 1. The van der Waals surface area contributed by atoms with Gasteiger partial charge in [0.1, 0.15) is 0 Å². The first-order valence-electron chi connectivity index (χ1n) is 6.78. The molecule has 120 valence electrons. The van der Waals surface area contributed by atoms with Crippen LogP contribution in [0.3, 0.4) is 0 Å². The van der Waals surface area contributed by atoms with Crippen molar-refractivity contribution in [2.75, 3.05) is 20.6 Å². The lowest BCUT2D eigenvalue weighted by molar-refractivity contribution is 0.300. The molecule has 0 saturated carbocycles. The third-order valence-electron chi connectivity index (χ3n) is 3.35. The van der Waals surface area contributed by atoms with Crippen LogP contribution in [0, 0.1) is 0 Å². The number of thiophene rings is 1. The van der Waals surface area contributed by atoms with Gasteiger partial charge in [0.15, 0.2) is 0 Å². The van der Waals surface area contributed by atoms with Crippen molar-refractivity contribution in [3.05, 3.63) is 57.2 Å². The van der Waals surface area contributed by atoms with E-state index in [2.05, 4.69) is 4.72 Å². The van der Waals surface area contributed by atoms with Gasteiger partial charge in [0.05, 0.1) is 5.75 Å². The van der Waals surface area contributed by atoms with Crippen LogP contribution in [-0.4, -0.2) is 34.0 Å². The first-order valence-corrected chi connectivity index (χ1v) is 9.75. The molecule has 2 rings (SSSR count). The molecule has 4 nitrogen and oxygen atoms in total. The van der Waals surface area contributed by atoms with Gasteiger partial charge in [-0.05, 0) is 48.1 Å². The minimum absolute atomic E-state index is 0.00673. The van der Waals surface area contributed by atoms with Gasteiger partial charge in [0.25, 0.3) is 0 Å². The molecule has 0 aliphatic rings. The lowest BCUT2D eigenvalue weighted by atomic mass is 10.1. The fraction of sp³-hybridized carbons (Fsp3) is 0.333. The smallest absolute Gasteiger partial charge is 0.215 e. The predicted octanol–water partition coefficient (Wildman–Crippen LogP) is 3.12. The van der Waals surface area contributed by atoms with E-state index < -0.39 is 10.0 Å². The van der Waals surface area contributed by atoms with E-state index >= 15 is 0 Å². The summed E-state index contributed by atoms with van der Waals surface area (Å²) in [5.41, 5.74) is 1.71. The van der Waals surface area contributed by atoms with Crippen LogP contribution in [0.15, 0.2) is 41.1 Å². The standard InChI is InChI=1S/C15H19ClN2O2S2/c1-18(2)15(12-7-8-21-10-12)9-17-22(19,20)11-13-5-3-4-6-14(13)16/h3-8,10,15,17H,9,11H2,1-2H3. The second kappa shape index (κ2) is 7.57. The van der Waals surface area contributed by atoms with E-state index in [-0.39, 0.29) is 11.8 Å². The Bertz CT molecular complexity index is 700. The van der Waals surface area contributed by atoms with E-state index in [1.165, 1.54) is 0 Å². The van der Waals surface area contributed by atoms with Crippen molar-refractivity contribution in [3.63, 3.8) is 0 Å². The van der Waals surface area contributed by atoms with Crippen LogP contribution in [0.2, 0.25) is 5.02 Å². The lowest BCUT2D eigenvalue weighted by Crippen LogP contribution is -2.35. The van der Waals surface area contributed by atoms with Gasteiger partial charge < -0.3 is 4.90 Å². The molecule has 0 saturated heterocycles. The summed E-state index contributed by atoms with van der Waals surface area (Å²) in [6.07, 6.45) is 0. The van der Waals surface area contributed by atoms with Crippen molar-refractivity contribution >= 4 is 33.0 Å². The molecular weight excluding hydrogens is 340 g/mol. The second-order valence-electron chi connectivity index (χ2n) is 5.24. The fourth-order valence-electron chi connectivity index (χ4n) is 2.14. The van der Waals surface area contributed by atoms with Crippen LogP contribution < -0.4 is 4.72 Å². The molecular formula is C15H19ClN2O2S2. The van der Waals surface area contributed by atoms with Gasteiger partial charge in [0.2, 0.25) is 10.0 Å². The molecule has 1 aromatic heterocycles. The molecule has 1 N–H and O–H groups in total. The van der Waals surface area contributed by atoms with Gasteiger partial charge in [-0.1, -0.05) is 29.8 Å². The molecule has 0 aliphatic carbocycles. The number of benzene rings is 1. The summed E-state index contributed by atoms with van der Waals surface area (Å²) in [5.74, 6) is -0.115. The first-order chi connectivity index (χ1) is 10.4. The maximum absolute atomic E-state index is 12.3. The molecule has 0 spiro atoms. The van der Waals surface area contributed by atoms with Gasteiger partial charge in [-0.15, -0.1) is 0 Å². The van der Waals surface area contributed by atoms with Crippen LogP contribution in [0.4, 0.5) is 0 Å². The Balaban J connectivity index is 2.04. The Kier molecular flexibility index (Phi) is 6.00. The lowest BCUT2D eigenvalue weighted by Gasteiger charge is -2.24. The second-order valence-corrected chi connectivity index (χ2v) is 8.23. The Hall–Kier alpha value is -0.920. The third-order valence-corrected chi connectivity index (χ3v) is 5.72. The van der Waals surface area contributed by atoms with Gasteiger partial charge in [-0.3, -0.25) is 0 Å². The van der Waals surface area contributed by atoms with Crippen molar-refractivity contribution < 1.29 is 8.42 Å². The highest BCUT2D eigenvalue weighted by atomic mass is 35.5. The molecule has 0 fully saturated rings. The highest BCUT2D eigenvalue weighted by Gasteiger charge is 2.19.